The lowest BCUT2D eigenvalue weighted by Gasteiger charge is -2.09. The van der Waals surface area contributed by atoms with Crippen LogP contribution in [-0.4, -0.2) is 24.9 Å². The first-order valence-electron chi connectivity index (χ1n) is 6.76. The molecule has 0 bridgehead atoms. The minimum absolute atomic E-state index is 0.338. The monoisotopic (exact) mass is 299 g/mol. The second-order valence-electron chi connectivity index (χ2n) is 4.66. The maximum atomic E-state index is 12.0. The SMILES string of the molecule is COC(=O)C(N)C(=O)c1ccc(OCc2ccccc2)cc1. The number of nitrogens with two attached hydrogens (primary N) is 1. The maximum Gasteiger partial charge on any atom is 0.330 e. The number of ether oxygens (including phenoxy) is 2. The molecule has 5 nitrogen and oxygen atoms in total. The Labute approximate surface area is 128 Å². The molecule has 22 heavy (non-hydrogen) atoms. The Morgan fingerprint density at radius 1 is 1.05 bits per heavy atom. The number of Topliss-reactive ketones (excluding diaryl/α,β-unsaturated/α-hetero) is 1. The molecule has 5 heteroatoms. The number of carbonyl (C=O) groups is 2. The molecule has 0 fully saturated rings. The smallest absolute Gasteiger partial charge is 0.330 e. The highest BCUT2D eigenvalue weighted by Gasteiger charge is 2.23. The zero-order valence-electron chi connectivity index (χ0n) is 12.2. The van der Waals surface area contributed by atoms with Crippen molar-refractivity contribution in [2.45, 2.75) is 12.6 Å². The summed E-state index contributed by atoms with van der Waals surface area (Å²) in [5.74, 6) is -0.608. The van der Waals surface area contributed by atoms with Gasteiger partial charge in [-0.25, -0.2) is 4.79 Å². The first-order chi connectivity index (χ1) is 10.6. The fourth-order valence-electron chi connectivity index (χ4n) is 1.87. The zero-order chi connectivity index (χ0) is 15.9. The lowest BCUT2D eigenvalue weighted by molar-refractivity contribution is -0.140. The summed E-state index contributed by atoms with van der Waals surface area (Å²) in [6.07, 6.45) is 0. The predicted molar refractivity (Wildman–Crippen MR) is 81.5 cm³/mol. The molecule has 0 aliphatic heterocycles. The number of hydrogen-bond donors (Lipinski definition) is 1. The molecule has 0 aromatic heterocycles. The third kappa shape index (κ3) is 3.93. The average molecular weight is 299 g/mol. The van der Waals surface area contributed by atoms with E-state index in [9.17, 15) is 9.59 Å². The van der Waals surface area contributed by atoms with Crippen LogP contribution in [0.1, 0.15) is 15.9 Å². The Kier molecular flexibility index (Phi) is 5.27. The van der Waals surface area contributed by atoms with Gasteiger partial charge in [-0.3, -0.25) is 4.79 Å². The van der Waals surface area contributed by atoms with E-state index in [1.807, 2.05) is 30.3 Å². The Morgan fingerprint density at radius 2 is 1.68 bits per heavy atom. The van der Waals surface area contributed by atoms with E-state index in [1.54, 1.807) is 24.3 Å². The molecular weight excluding hydrogens is 282 g/mol. The van der Waals surface area contributed by atoms with Crippen molar-refractivity contribution in [1.82, 2.24) is 0 Å². The van der Waals surface area contributed by atoms with E-state index in [-0.39, 0.29) is 0 Å². The van der Waals surface area contributed by atoms with E-state index >= 15 is 0 Å². The molecule has 0 radical (unpaired) electrons. The van der Waals surface area contributed by atoms with E-state index in [1.165, 1.54) is 7.11 Å². The molecule has 2 N–H and O–H groups in total. The van der Waals surface area contributed by atoms with Gasteiger partial charge in [0.1, 0.15) is 12.4 Å². The summed E-state index contributed by atoms with van der Waals surface area (Å²) in [6, 6.07) is 14.9. The molecule has 0 heterocycles. The van der Waals surface area contributed by atoms with Gasteiger partial charge >= 0.3 is 5.97 Å². The molecule has 0 aliphatic rings. The maximum absolute atomic E-state index is 12.0. The summed E-state index contributed by atoms with van der Waals surface area (Å²) in [5.41, 5.74) is 6.91. The van der Waals surface area contributed by atoms with Crippen molar-refractivity contribution in [3.05, 3.63) is 65.7 Å². The van der Waals surface area contributed by atoms with Crippen molar-refractivity contribution in [1.29, 1.82) is 0 Å². The number of methoxy groups -OCH3 is 1. The van der Waals surface area contributed by atoms with Gasteiger partial charge in [-0.15, -0.1) is 0 Å². The van der Waals surface area contributed by atoms with Crippen molar-refractivity contribution in [2.24, 2.45) is 5.73 Å². The van der Waals surface area contributed by atoms with E-state index in [2.05, 4.69) is 4.74 Å². The molecule has 1 atom stereocenters. The first kappa shape index (κ1) is 15.7. The molecule has 0 spiro atoms. The van der Waals surface area contributed by atoms with Crippen LogP contribution in [0.5, 0.6) is 5.75 Å². The predicted octanol–water partition coefficient (Wildman–Crippen LogP) is 1.95. The van der Waals surface area contributed by atoms with Crippen LogP contribution >= 0.6 is 0 Å². The van der Waals surface area contributed by atoms with Gasteiger partial charge in [-0.1, -0.05) is 30.3 Å². The molecule has 114 valence electrons. The second-order valence-corrected chi connectivity index (χ2v) is 4.66. The molecule has 2 aromatic rings. The largest absolute Gasteiger partial charge is 0.489 e. The molecule has 1 unspecified atom stereocenters. The van der Waals surface area contributed by atoms with Crippen LogP contribution in [-0.2, 0) is 16.1 Å². The number of benzene rings is 2. The van der Waals surface area contributed by atoms with Crippen LogP contribution in [0.4, 0.5) is 0 Å². The molecule has 2 rings (SSSR count). The van der Waals surface area contributed by atoms with Crippen LogP contribution in [0.15, 0.2) is 54.6 Å². The number of esters is 1. The Morgan fingerprint density at radius 3 is 2.27 bits per heavy atom. The standard InChI is InChI=1S/C17H17NO4/c1-21-17(20)15(18)16(19)13-7-9-14(10-8-13)22-11-12-5-3-2-4-6-12/h2-10,15H,11,18H2,1H3. The number of rotatable bonds is 6. The van der Waals surface area contributed by atoms with Crippen LogP contribution in [0.3, 0.4) is 0 Å². The van der Waals surface area contributed by atoms with Gasteiger partial charge in [-0.05, 0) is 29.8 Å². The molecule has 0 saturated heterocycles. The molecule has 0 amide bonds. The lowest BCUT2D eigenvalue weighted by atomic mass is 10.1. The number of hydrogen-bond acceptors (Lipinski definition) is 5. The van der Waals surface area contributed by atoms with E-state index in [0.29, 0.717) is 17.9 Å². The van der Waals surface area contributed by atoms with Crippen molar-refractivity contribution in [3.8, 4) is 5.75 Å². The van der Waals surface area contributed by atoms with E-state index in [4.69, 9.17) is 10.5 Å². The summed E-state index contributed by atoms with van der Waals surface area (Å²) in [6.45, 7) is 0.440. The summed E-state index contributed by atoms with van der Waals surface area (Å²) < 4.78 is 10.1. The van der Waals surface area contributed by atoms with Gasteiger partial charge in [0, 0.05) is 5.56 Å². The number of carbonyl (C=O) groups excluding carboxylic acids is 2. The minimum Gasteiger partial charge on any atom is -0.489 e. The molecule has 0 aliphatic carbocycles. The highest BCUT2D eigenvalue weighted by Crippen LogP contribution is 2.15. The van der Waals surface area contributed by atoms with Gasteiger partial charge in [0.25, 0.3) is 0 Å². The van der Waals surface area contributed by atoms with Crippen molar-refractivity contribution in [2.75, 3.05) is 7.11 Å². The van der Waals surface area contributed by atoms with Gasteiger partial charge in [-0.2, -0.15) is 0 Å². The Hall–Kier alpha value is -2.66. The van der Waals surface area contributed by atoms with Crippen LogP contribution in [0.25, 0.3) is 0 Å². The summed E-state index contributed by atoms with van der Waals surface area (Å²) >= 11 is 0. The van der Waals surface area contributed by atoms with Crippen LogP contribution < -0.4 is 10.5 Å². The van der Waals surface area contributed by atoms with Crippen molar-refractivity contribution >= 4 is 11.8 Å². The highest BCUT2D eigenvalue weighted by molar-refractivity contribution is 6.11. The Balaban J connectivity index is 1.98. The summed E-state index contributed by atoms with van der Waals surface area (Å²) in [7, 11) is 1.19. The third-order valence-electron chi connectivity index (χ3n) is 3.12. The first-order valence-corrected chi connectivity index (χ1v) is 6.76. The van der Waals surface area contributed by atoms with E-state index in [0.717, 1.165) is 5.56 Å². The van der Waals surface area contributed by atoms with Gasteiger partial charge in [0.05, 0.1) is 7.11 Å². The van der Waals surface area contributed by atoms with Crippen molar-refractivity contribution in [3.63, 3.8) is 0 Å². The molecule has 2 aromatic carbocycles. The molecular formula is C17H17NO4. The number of ketones is 1. The fraction of sp³-hybridized carbons (Fsp3) is 0.176. The second kappa shape index (κ2) is 7.38. The quantitative estimate of drug-likeness (QED) is 0.501. The topological polar surface area (TPSA) is 78.6 Å². The fourth-order valence-corrected chi connectivity index (χ4v) is 1.87. The highest BCUT2D eigenvalue weighted by atomic mass is 16.5. The van der Waals surface area contributed by atoms with Gasteiger partial charge in [0.15, 0.2) is 11.8 Å². The molecule has 0 saturated carbocycles. The normalized spacial score (nSPS) is 11.5. The lowest BCUT2D eigenvalue weighted by Crippen LogP contribution is -2.39. The van der Waals surface area contributed by atoms with Gasteiger partial charge in [0.2, 0.25) is 0 Å². The van der Waals surface area contributed by atoms with Crippen LogP contribution in [0, 0.1) is 0 Å². The Bertz CT molecular complexity index is 637. The minimum atomic E-state index is -1.30. The summed E-state index contributed by atoms with van der Waals surface area (Å²) in [4.78, 5) is 23.2. The zero-order valence-corrected chi connectivity index (χ0v) is 12.2. The summed E-state index contributed by atoms with van der Waals surface area (Å²) in [5, 5.41) is 0. The van der Waals surface area contributed by atoms with Crippen molar-refractivity contribution < 1.29 is 19.1 Å². The third-order valence-corrected chi connectivity index (χ3v) is 3.12. The van der Waals surface area contributed by atoms with Gasteiger partial charge < -0.3 is 15.2 Å². The average Bonchev–Trinajstić information content (AvgIpc) is 2.59. The van der Waals surface area contributed by atoms with E-state index < -0.39 is 17.8 Å². The van der Waals surface area contributed by atoms with Crippen LogP contribution in [0.2, 0.25) is 0 Å².